The van der Waals surface area contributed by atoms with Crippen molar-refractivity contribution in [3.05, 3.63) is 58.0 Å². The van der Waals surface area contributed by atoms with Crippen molar-refractivity contribution < 1.29 is 9.18 Å². The summed E-state index contributed by atoms with van der Waals surface area (Å²) < 4.78 is 12.9. The van der Waals surface area contributed by atoms with Gasteiger partial charge in [-0.05, 0) is 46.7 Å². The molecule has 1 aromatic carbocycles. The molecule has 1 aliphatic heterocycles. The molecule has 0 atom stereocenters. The zero-order chi connectivity index (χ0) is 14.7. The SMILES string of the molecule is O=C(c1ccc(F)cc1)N1CCN(Cc2ccsc2)CC1. The molecule has 0 bridgehead atoms. The van der Waals surface area contributed by atoms with E-state index in [1.165, 1.54) is 17.7 Å². The van der Waals surface area contributed by atoms with Crippen LogP contribution in [0.2, 0.25) is 0 Å². The highest BCUT2D eigenvalue weighted by atomic mass is 32.1. The number of carbonyl (C=O) groups excluding carboxylic acids is 1. The third-order valence-electron chi connectivity index (χ3n) is 3.74. The van der Waals surface area contributed by atoms with Gasteiger partial charge in [-0.2, -0.15) is 11.3 Å². The molecule has 2 aromatic rings. The normalized spacial score (nSPS) is 16.1. The van der Waals surface area contributed by atoms with Crippen LogP contribution in [0.4, 0.5) is 4.39 Å². The van der Waals surface area contributed by atoms with Crippen LogP contribution in [0.5, 0.6) is 0 Å². The molecule has 3 rings (SSSR count). The largest absolute Gasteiger partial charge is 0.336 e. The highest BCUT2D eigenvalue weighted by Gasteiger charge is 2.22. The first-order valence-corrected chi connectivity index (χ1v) is 7.95. The first-order valence-electron chi connectivity index (χ1n) is 7.00. The van der Waals surface area contributed by atoms with Gasteiger partial charge in [0.2, 0.25) is 0 Å². The van der Waals surface area contributed by atoms with Crippen LogP contribution < -0.4 is 0 Å². The molecule has 110 valence electrons. The lowest BCUT2D eigenvalue weighted by Gasteiger charge is -2.34. The second-order valence-electron chi connectivity index (χ2n) is 5.21. The number of hydrogen-bond acceptors (Lipinski definition) is 3. The Morgan fingerprint density at radius 2 is 1.81 bits per heavy atom. The van der Waals surface area contributed by atoms with Crippen molar-refractivity contribution in [2.24, 2.45) is 0 Å². The van der Waals surface area contributed by atoms with Gasteiger partial charge in [0.1, 0.15) is 5.82 Å². The van der Waals surface area contributed by atoms with Crippen LogP contribution in [0.3, 0.4) is 0 Å². The summed E-state index contributed by atoms with van der Waals surface area (Å²) in [7, 11) is 0. The Hall–Kier alpha value is -1.72. The van der Waals surface area contributed by atoms with E-state index in [0.717, 1.165) is 32.7 Å². The van der Waals surface area contributed by atoms with Crippen molar-refractivity contribution in [1.29, 1.82) is 0 Å². The molecule has 0 unspecified atom stereocenters. The van der Waals surface area contributed by atoms with E-state index in [1.54, 1.807) is 23.5 Å². The van der Waals surface area contributed by atoms with Crippen molar-refractivity contribution >= 4 is 17.2 Å². The minimum atomic E-state index is -0.313. The van der Waals surface area contributed by atoms with Gasteiger partial charge in [-0.1, -0.05) is 0 Å². The standard InChI is InChI=1S/C16H17FN2OS/c17-15-3-1-14(2-4-15)16(20)19-8-6-18(7-9-19)11-13-5-10-21-12-13/h1-5,10,12H,6-9,11H2. The molecule has 0 saturated carbocycles. The summed E-state index contributed by atoms with van der Waals surface area (Å²) in [5.41, 5.74) is 1.89. The fourth-order valence-corrected chi connectivity index (χ4v) is 3.18. The number of amides is 1. The van der Waals surface area contributed by atoms with E-state index in [2.05, 4.69) is 21.7 Å². The van der Waals surface area contributed by atoms with Gasteiger partial charge in [-0.3, -0.25) is 9.69 Å². The van der Waals surface area contributed by atoms with E-state index in [1.807, 2.05) is 4.90 Å². The van der Waals surface area contributed by atoms with E-state index in [-0.39, 0.29) is 11.7 Å². The first kappa shape index (κ1) is 14.2. The number of nitrogens with zero attached hydrogens (tertiary/aromatic N) is 2. The molecule has 1 aliphatic rings. The van der Waals surface area contributed by atoms with Crippen molar-refractivity contribution in [3.8, 4) is 0 Å². The maximum atomic E-state index is 12.9. The molecule has 0 N–H and O–H groups in total. The van der Waals surface area contributed by atoms with Crippen LogP contribution in [0.25, 0.3) is 0 Å². The molecule has 1 aromatic heterocycles. The molecule has 5 heteroatoms. The Balaban J connectivity index is 1.55. The van der Waals surface area contributed by atoms with Gasteiger partial charge >= 0.3 is 0 Å². The number of halogens is 1. The summed E-state index contributed by atoms with van der Waals surface area (Å²) in [6.45, 7) is 4.15. The zero-order valence-corrected chi connectivity index (χ0v) is 12.5. The summed E-state index contributed by atoms with van der Waals surface area (Å²) in [6, 6.07) is 7.91. The third kappa shape index (κ3) is 3.49. The van der Waals surface area contributed by atoms with E-state index < -0.39 is 0 Å². The lowest BCUT2D eigenvalue weighted by Crippen LogP contribution is -2.48. The zero-order valence-electron chi connectivity index (χ0n) is 11.7. The van der Waals surface area contributed by atoms with Crippen LogP contribution in [0, 0.1) is 5.82 Å². The number of thiophene rings is 1. The fourth-order valence-electron chi connectivity index (χ4n) is 2.52. The average Bonchev–Trinajstić information content (AvgIpc) is 3.01. The Morgan fingerprint density at radius 3 is 2.43 bits per heavy atom. The lowest BCUT2D eigenvalue weighted by molar-refractivity contribution is 0.0628. The second kappa shape index (κ2) is 6.37. The summed E-state index contributed by atoms with van der Waals surface area (Å²) in [5, 5.41) is 4.25. The Bertz CT molecular complexity index is 589. The van der Waals surface area contributed by atoms with Gasteiger partial charge < -0.3 is 4.90 Å². The average molecular weight is 304 g/mol. The Kier molecular flexibility index (Phi) is 4.31. The van der Waals surface area contributed by atoms with Gasteiger partial charge in [0.15, 0.2) is 0 Å². The summed E-state index contributed by atoms with van der Waals surface area (Å²) >= 11 is 1.71. The Morgan fingerprint density at radius 1 is 1.10 bits per heavy atom. The van der Waals surface area contributed by atoms with Gasteiger partial charge in [0, 0.05) is 38.3 Å². The van der Waals surface area contributed by atoms with Gasteiger partial charge in [0.05, 0.1) is 0 Å². The van der Waals surface area contributed by atoms with Crippen LogP contribution in [0.15, 0.2) is 41.1 Å². The molecule has 0 spiro atoms. The quantitative estimate of drug-likeness (QED) is 0.870. The number of benzene rings is 1. The van der Waals surface area contributed by atoms with E-state index in [4.69, 9.17) is 0 Å². The van der Waals surface area contributed by atoms with Crippen molar-refractivity contribution in [1.82, 2.24) is 9.80 Å². The van der Waals surface area contributed by atoms with E-state index in [0.29, 0.717) is 5.56 Å². The molecule has 0 radical (unpaired) electrons. The van der Waals surface area contributed by atoms with Crippen molar-refractivity contribution in [2.75, 3.05) is 26.2 Å². The van der Waals surface area contributed by atoms with Crippen LogP contribution in [-0.4, -0.2) is 41.9 Å². The fraction of sp³-hybridized carbons (Fsp3) is 0.312. The monoisotopic (exact) mass is 304 g/mol. The second-order valence-corrected chi connectivity index (χ2v) is 5.99. The summed E-state index contributed by atoms with van der Waals surface area (Å²) in [6.07, 6.45) is 0. The number of carbonyl (C=O) groups is 1. The molecule has 21 heavy (non-hydrogen) atoms. The van der Waals surface area contributed by atoms with Gasteiger partial charge in [-0.15, -0.1) is 0 Å². The number of rotatable bonds is 3. The van der Waals surface area contributed by atoms with Gasteiger partial charge in [0.25, 0.3) is 5.91 Å². The maximum Gasteiger partial charge on any atom is 0.253 e. The number of hydrogen-bond donors (Lipinski definition) is 0. The molecular formula is C16H17FN2OS. The Labute approximate surface area is 127 Å². The maximum absolute atomic E-state index is 12.9. The highest BCUT2D eigenvalue weighted by Crippen LogP contribution is 2.13. The van der Waals surface area contributed by atoms with Crippen molar-refractivity contribution in [2.45, 2.75) is 6.54 Å². The van der Waals surface area contributed by atoms with Gasteiger partial charge in [-0.25, -0.2) is 4.39 Å². The van der Waals surface area contributed by atoms with Crippen molar-refractivity contribution in [3.63, 3.8) is 0 Å². The predicted molar refractivity (Wildman–Crippen MR) is 81.9 cm³/mol. The first-order chi connectivity index (χ1) is 10.2. The molecule has 1 saturated heterocycles. The van der Waals surface area contributed by atoms with Crippen LogP contribution in [0.1, 0.15) is 15.9 Å². The smallest absolute Gasteiger partial charge is 0.253 e. The minimum Gasteiger partial charge on any atom is -0.336 e. The number of piperazine rings is 1. The topological polar surface area (TPSA) is 23.6 Å². The third-order valence-corrected chi connectivity index (χ3v) is 4.47. The molecular weight excluding hydrogens is 287 g/mol. The molecule has 0 aliphatic carbocycles. The molecule has 1 amide bonds. The minimum absolute atomic E-state index is 0.00909. The van der Waals surface area contributed by atoms with E-state index >= 15 is 0 Å². The predicted octanol–water partition coefficient (Wildman–Crippen LogP) is 2.85. The summed E-state index contributed by atoms with van der Waals surface area (Å²) in [4.78, 5) is 16.5. The van der Waals surface area contributed by atoms with Crippen LogP contribution >= 0.6 is 11.3 Å². The molecule has 2 heterocycles. The molecule has 1 fully saturated rings. The van der Waals surface area contributed by atoms with Crippen LogP contribution in [-0.2, 0) is 6.54 Å². The lowest BCUT2D eigenvalue weighted by atomic mass is 10.1. The highest BCUT2D eigenvalue weighted by molar-refractivity contribution is 7.07. The molecule has 3 nitrogen and oxygen atoms in total. The summed E-state index contributed by atoms with van der Waals surface area (Å²) in [5.74, 6) is -0.322. The van der Waals surface area contributed by atoms with E-state index in [9.17, 15) is 9.18 Å².